The summed E-state index contributed by atoms with van der Waals surface area (Å²) in [4.78, 5) is 46.3. The number of carbonyl (C=O) groups excluding carboxylic acids is 2. The van der Waals surface area contributed by atoms with Gasteiger partial charge in [0, 0.05) is 17.3 Å². The molecule has 0 bridgehead atoms. The minimum Gasteiger partial charge on any atom is -0.478 e. The Morgan fingerprint density at radius 3 is 2.18 bits per heavy atom. The number of hydrogen-bond donors (Lipinski definition) is 2. The highest BCUT2D eigenvalue weighted by Crippen LogP contribution is 2.32. The number of ether oxygens (including phenoxy) is 2. The third kappa shape index (κ3) is 5.25. The summed E-state index contributed by atoms with van der Waals surface area (Å²) >= 11 is 5.92. The molecular weight excluding hydrogens is 466 g/mol. The van der Waals surface area contributed by atoms with Crippen LogP contribution in [0.1, 0.15) is 72.7 Å². The molecule has 0 radical (unpaired) electrons. The summed E-state index contributed by atoms with van der Waals surface area (Å²) < 4.78 is 12.2. The number of nitrogen functional groups attached to an aromatic ring is 1. The maximum Gasteiger partial charge on any atom is 0.358 e. The van der Waals surface area contributed by atoms with Gasteiger partial charge < -0.3 is 20.3 Å². The highest BCUT2D eigenvalue weighted by Gasteiger charge is 2.33. The Hall–Kier alpha value is -3.73. The quantitative estimate of drug-likeness (QED) is 0.409. The van der Waals surface area contributed by atoms with Gasteiger partial charge in [-0.3, -0.25) is 0 Å². The molecule has 3 N–H and O–H groups in total. The standard InChI is InChI=1S/C22H24ClN5O6/c1-21(2,3)33-18(31)14-11(10-7-12(17(29)30)16(23)25-9-10)8-13-26-20(24)27-28(13)15(14)19(32)34-22(4,5)6/h7-9H,1-6H3,(H2,24,27)(H,29,30). The van der Waals surface area contributed by atoms with E-state index in [4.69, 9.17) is 26.8 Å². The monoisotopic (exact) mass is 489 g/mol. The van der Waals surface area contributed by atoms with E-state index in [-0.39, 0.29) is 44.7 Å². The summed E-state index contributed by atoms with van der Waals surface area (Å²) in [5, 5.41) is 13.3. The minimum atomic E-state index is -1.32. The number of anilines is 1. The third-order valence-electron chi connectivity index (χ3n) is 4.22. The fraction of sp³-hybridized carbons (Fsp3) is 0.364. The van der Waals surface area contributed by atoms with E-state index >= 15 is 0 Å². The lowest BCUT2D eigenvalue weighted by Crippen LogP contribution is -2.30. The van der Waals surface area contributed by atoms with Crippen molar-refractivity contribution in [1.82, 2.24) is 19.6 Å². The molecule has 3 rings (SSSR count). The van der Waals surface area contributed by atoms with Crippen LogP contribution in [0.2, 0.25) is 5.15 Å². The molecule has 34 heavy (non-hydrogen) atoms. The van der Waals surface area contributed by atoms with E-state index in [0.29, 0.717) is 0 Å². The maximum atomic E-state index is 13.4. The summed E-state index contributed by atoms with van der Waals surface area (Å²) in [5.41, 5.74) is 3.55. The van der Waals surface area contributed by atoms with Crippen molar-refractivity contribution in [2.45, 2.75) is 52.7 Å². The number of aromatic nitrogens is 4. The van der Waals surface area contributed by atoms with Gasteiger partial charge in [-0.05, 0) is 53.7 Å². The molecule has 0 saturated heterocycles. The first kappa shape index (κ1) is 24.9. The molecule has 3 aromatic rings. The summed E-state index contributed by atoms with van der Waals surface area (Å²) in [7, 11) is 0. The van der Waals surface area contributed by atoms with Gasteiger partial charge in [0.2, 0.25) is 5.95 Å². The molecule has 180 valence electrons. The van der Waals surface area contributed by atoms with Crippen LogP contribution in [0.5, 0.6) is 0 Å². The van der Waals surface area contributed by atoms with Gasteiger partial charge in [-0.15, -0.1) is 5.10 Å². The number of fused-ring (bicyclic) bond motifs is 1. The molecule has 12 heteroatoms. The molecule has 3 heterocycles. The molecule has 11 nitrogen and oxygen atoms in total. The van der Waals surface area contributed by atoms with Gasteiger partial charge in [-0.2, -0.15) is 4.98 Å². The average Bonchev–Trinajstić information content (AvgIpc) is 3.03. The first-order chi connectivity index (χ1) is 15.6. The fourth-order valence-electron chi connectivity index (χ4n) is 3.06. The van der Waals surface area contributed by atoms with E-state index in [2.05, 4.69) is 15.1 Å². The fourth-order valence-corrected chi connectivity index (χ4v) is 3.24. The maximum absolute atomic E-state index is 13.4. The van der Waals surface area contributed by atoms with Gasteiger partial charge in [0.15, 0.2) is 11.3 Å². The number of esters is 2. The Morgan fingerprint density at radius 1 is 1.03 bits per heavy atom. The second-order valence-corrected chi connectivity index (χ2v) is 9.75. The van der Waals surface area contributed by atoms with Crippen LogP contribution in [-0.2, 0) is 9.47 Å². The molecule has 0 unspecified atom stereocenters. The van der Waals surface area contributed by atoms with Crippen LogP contribution in [-0.4, -0.2) is 53.8 Å². The van der Waals surface area contributed by atoms with Crippen molar-refractivity contribution in [2.24, 2.45) is 0 Å². The van der Waals surface area contributed by atoms with E-state index in [1.54, 1.807) is 41.5 Å². The number of pyridine rings is 2. The Labute approximate surface area is 199 Å². The zero-order valence-electron chi connectivity index (χ0n) is 19.5. The van der Waals surface area contributed by atoms with Crippen LogP contribution < -0.4 is 5.73 Å². The lowest BCUT2D eigenvalue weighted by Gasteiger charge is -2.24. The van der Waals surface area contributed by atoms with Crippen molar-refractivity contribution in [2.75, 3.05) is 5.73 Å². The van der Waals surface area contributed by atoms with Gasteiger partial charge in [0.1, 0.15) is 21.9 Å². The largest absolute Gasteiger partial charge is 0.478 e. The molecule has 3 aromatic heterocycles. The zero-order valence-corrected chi connectivity index (χ0v) is 20.2. The van der Waals surface area contributed by atoms with Gasteiger partial charge in [-0.25, -0.2) is 23.9 Å². The van der Waals surface area contributed by atoms with Crippen LogP contribution in [0, 0.1) is 0 Å². The topological polar surface area (TPSA) is 159 Å². The van der Waals surface area contributed by atoms with Gasteiger partial charge in [-0.1, -0.05) is 11.6 Å². The van der Waals surface area contributed by atoms with Crippen LogP contribution >= 0.6 is 11.6 Å². The number of carbonyl (C=O) groups is 3. The van der Waals surface area contributed by atoms with Crippen molar-refractivity contribution < 1.29 is 29.0 Å². The number of nitrogens with zero attached hydrogens (tertiary/aromatic N) is 4. The smallest absolute Gasteiger partial charge is 0.358 e. The average molecular weight is 490 g/mol. The van der Waals surface area contributed by atoms with E-state index in [0.717, 1.165) is 4.52 Å². The summed E-state index contributed by atoms with van der Waals surface area (Å²) in [5.74, 6) is -3.23. The lowest BCUT2D eigenvalue weighted by molar-refractivity contribution is 0.00115. The summed E-state index contributed by atoms with van der Waals surface area (Å²) in [6, 6.07) is 2.66. The molecule has 0 fully saturated rings. The van der Waals surface area contributed by atoms with Crippen LogP contribution in [0.4, 0.5) is 5.95 Å². The normalized spacial score (nSPS) is 12.0. The summed E-state index contributed by atoms with van der Waals surface area (Å²) in [6.45, 7) is 9.98. The van der Waals surface area contributed by atoms with Crippen molar-refractivity contribution in [3.63, 3.8) is 0 Å². The van der Waals surface area contributed by atoms with Gasteiger partial charge >= 0.3 is 17.9 Å². The lowest BCUT2D eigenvalue weighted by atomic mass is 9.98. The Balaban J connectivity index is 2.43. The van der Waals surface area contributed by atoms with E-state index in [1.807, 2.05) is 0 Å². The molecule has 0 aliphatic rings. The number of carboxylic acid groups (broad SMARTS) is 1. The van der Waals surface area contributed by atoms with Crippen molar-refractivity contribution in [3.8, 4) is 11.1 Å². The van der Waals surface area contributed by atoms with E-state index in [1.165, 1.54) is 18.3 Å². The van der Waals surface area contributed by atoms with E-state index in [9.17, 15) is 19.5 Å². The van der Waals surface area contributed by atoms with Crippen LogP contribution in [0.25, 0.3) is 16.8 Å². The number of nitrogens with two attached hydrogens (primary N) is 1. The predicted octanol–water partition coefficient (Wildman–Crippen LogP) is 3.64. The number of halogens is 1. The number of rotatable bonds is 4. The second kappa shape index (κ2) is 8.56. The molecule has 0 atom stereocenters. The van der Waals surface area contributed by atoms with Gasteiger partial charge in [0.25, 0.3) is 0 Å². The van der Waals surface area contributed by atoms with Crippen LogP contribution in [0.3, 0.4) is 0 Å². The Morgan fingerprint density at radius 2 is 1.62 bits per heavy atom. The number of hydrogen-bond acceptors (Lipinski definition) is 9. The highest BCUT2D eigenvalue weighted by molar-refractivity contribution is 6.32. The number of aromatic carboxylic acids is 1. The Bertz CT molecular complexity index is 1320. The first-order valence-electron chi connectivity index (χ1n) is 10.1. The molecule has 0 aliphatic heterocycles. The number of carboxylic acids is 1. The molecule has 0 aromatic carbocycles. The predicted molar refractivity (Wildman–Crippen MR) is 123 cm³/mol. The Kier molecular flexibility index (Phi) is 6.27. The highest BCUT2D eigenvalue weighted by atomic mass is 35.5. The second-order valence-electron chi connectivity index (χ2n) is 9.39. The molecule has 0 saturated carbocycles. The van der Waals surface area contributed by atoms with Crippen molar-refractivity contribution >= 4 is 41.1 Å². The van der Waals surface area contributed by atoms with E-state index < -0.39 is 29.1 Å². The van der Waals surface area contributed by atoms with Gasteiger partial charge in [0.05, 0.1) is 5.56 Å². The zero-order chi connectivity index (χ0) is 25.6. The molecular formula is C22H24ClN5O6. The SMILES string of the molecule is CC(C)(C)OC(=O)c1c(-c2cnc(Cl)c(C(=O)O)c2)cc2nc(N)nn2c1C(=O)OC(C)(C)C. The van der Waals surface area contributed by atoms with Crippen molar-refractivity contribution in [1.29, 1.82) is 0 Å². The first-order valence-corrected chi connectivity index (χ1v) is 10.5. The third-order valence-corrected chi connectivity index (χ3v) is 4.52. The minimum absolute atomic E-state index is 0.113. The van der Waals surface area contributed by atoms with Crippen LogP contribution in [0.15, 0.2) is 18.3 Å². The summed E-state index contributed by atoms with van der Waals surface area (Å²) in [6.07, 6.45) is 1.27. The molecule has 0 spiro atoms. The van der Waals surface area contributed by atoms with Crippen molar-refractivity contribution in [3.05, 3.63) is 40.3 Å². The molecule has 0 amide bonds. The molecule has 0 aliphatic carbocycles.